The van der Waals surface area contributed by atoms with Gasteiger partial charge in [-0.05, 0) is 30.7 Å². The molecule has 1 N–H and O–H groups in total. The fraction of sp³-hybridized carbons (Fsp3) is 0.238. The Bertz CT molecular complexity index is 920. The summed E-state index contributed by atoms with van der Waals surface area (Å²) in [6, 6.07) is 15.5. The van der Waals surface area contributed by atoms with Gasteiger partial charge in [0.25, 0.3) is 5.91 Å². The van der Waals surface area contributed by atoms with Crippen molar-refractivity contribution in [2.24, 2.45) is 0 Å². The van der Waals surface area contributed by atoms with Crippen molar-refractivity contribution in [3.63, 3.8) is 0 Å². The van der Waals surface area contributed by atoms with Crippen LogP contribution >= 0.6 is 0 Å². The minimum atomic E-state index is -0.151. The Morgan fingerprint density at radius 2 is 1.81 bits per heavy atom. The van der Waals surface area contributed by atoms with Crippen LogP contribution in [0.2, 0.25) is 0 Å². The summed E-state index contributed by atoms with van der Waals surface area (Å²) < 4.78 is 12.5. The summed E-state index contributed by atoms with van der Waals surface area (Å²) in [6.07, 6.45) is 1.78. The molecule has 0 radical (unpaired) electrons. The van der Waals surface area contributed by atoms with E-state index in [9.17, 15) is 4.79 Å². The molecule has 0 bridgehead atoms. The predicted molar refractivity (Wildman–Crippen MR) is 104 cm³/mol. The van der Waals surface area contributed by atoms with Crippen molar-refractivity contribution in [3.8, 4) is 22.8 Å². The molecule has 0 spiro atoms. The second-order valence-corrected chi connectivity index (χ2v) is 6.00. The van der Waals surface area contributed by atoms with Crippen molar-refractivity contribution in [3.05, 3.63) is 65.9 Å². The molecule has 3 aromatic rings. The van der Waals surface area contributed by atoms with E-state index in [0.717, 1.165) is 11.1 Å². The Balaban J connectivity index is 2.03. The maximum absolute atomic E-state index is 12.6. The van der Waals surface area contributed by atoms with E-state index < -0.39 is 0 Å². The molecule has 27 heavy (non-hydrogen) atoms. The van der Waals surface area contributed by atoms with Crippen molar-refractivity contribution < 1.29 is 14.3 Å². The molecule has 1 heterocycles. The van der Waals surface area contributed by atoms with E-state index in [1.165, 1.54) is 0 Å². The Labute approximate surface area is 158 Å². The standard InChI is InChI=1S/C21H23N3O3/c1-4-22-21(25)17-14-24(13-15-8-6-5-7-9-15)23-20(17)16-10-11-18(26-2)19(12-16)27-3/h5-12,14H,4,13H2,1-3H3,(H,22,25). The fourth-order valence-electron chi connectivity index (χ4n) is 2.89. The molecule has 0 aliphatic rings. The topological polar surface area (TPSA) is 65.4 Å². The van der Waals surface area contributed by atoms with Crippen molar-refractivity contribution >= 4 is 5.91 Å². The van der Waals surface area contributed by atoms with Crippen LogP contribution < -0.4 is 14.8 Å². The molecule has 6 heteroatoms. The summed E-state index contributed by atoms with van der Waals surface area (Å²) in [5.74, 6) is 1.07. The van der Waals surface area contributed by atoms with Crippen LogP contribution in [0.4, 0.5) is 0 Å². The van der Waals surface area contributed by atoms with Crippen LogP contribution in [0.1, 0.15) is 22.8 Å². The van der Waals surface area contributed by atoms with Gasteiger partial charge in [0.2, 0.25) is 0 Å². The molecule has 0 atom stereocenters. The Morgan fingerprint density at radius 1 is 1.07 bits per heavy atom. The summed E-state index contributed by atoms with van der Waals surface area (Å²) in [4.78, 5) is 12.6. The summed E-state index contributed by atoms with van der Waals surface area (Å²) >= 11 is 0. The van der Waals surface area contributed by atoms with Gasteiger partial charge in [-0.2, -0.15) is 5.10 Å². The number of nitrogens with one attached hydrogen (secondary N) is 1. The highest BCUT2D eigenvalue weighted by Crippen LogP contribution is 2.33. The molecule has 0 aliphatic heterocycles. The van der Waals surface area contributed by atoms with Crippen molar-refractivity contribution in [2.45, 2.75) is 13.5 Å². The molecule has 0 unspecified atom stereocenters. The smallest absolute Gasteiger partial charge is 0.255 e. The number of rotatable bonds is 7. The van der Waals surface area contributed by atoms with Crippen LogP contribution in [0.15, 0.2) is 54.7 Å². The average molecular weight is 365 g/mol. The number of hydrogen-bond donors (Lipinski definition) is 1. The molecule has 0 saturated carbocycles. The molecular formula is C21H23N3O3. The lowest BCUT2D eigenvalue weighted by Crippen LogP contribution is -2.22. The van der Waals surface area contributed by atoms with Gasteiger partial charge in [0, 0.05) is 18.3 Å². The van der Waals surface area contributed by atoms with Gasteiger partial charge in [-0.1, -0.05) is 30.3 Å². The summed E-state index contributed by atoms with van der Waals surface area (Å²) in [5, 5.41) is 7.52. The summed E-state index contributed by atoms with van der Waals surface area (Å²) in [6.45, 7) is 3.02. The first kappa shape index (κ1) is 18.5. The first-order valence-electron chi connectivity index (χ1n) is 8.78. The molecule has 1 aromatic heterocycles. The second kappa shape index (κ2) is 8.40. The van der Waals surface area contributed by atoms with Gasteiger partial charge in [0.15, 0.2) is 11.5 Å². The Morgan fingerprint density at radius 3 is 2.48 bits per heavy atom. The molecular weight excluding hydrogens is 342 g/mol. The van der Waals surface area contributed by atoms with Gasteiger partial charge >= 0.3 is 0 Å². The predicted octanol–water partition coefficient (Wildman–Crippen LogP) is 3.37. The van der Waals surface area contributed by atoms with Gasteiger partial charge in [-0.3, -0.25) is 9.48 Å². The van der Waals surface area contributed by atoms with E-state index in [1.54, 1.807) is 25.1 Å². The summed E-state index contributed by atoms with van der Waals surface area (Å²) in [7, 11) is 3.17. The lowest BCUT2D eigenvalue weighted by Gasteiger charge is -2.09. The monoisotopic (exact) mass is 365 g/mol. The Kier molecular flexibility index (Phi) is 5.76. The van der Waals surface area contributed by atoms with Crippen molar-refractivity contribution in [2.75, 3.05) is 20.8 Å². The van der Waals surface area contributed by atoms with Crippen molar-refractivity contribution in [1.29, 1.82) is 0 Å². The number of carbonyl (C=O) groups is 1. The number of hydrogen-bond acceptors (Lipinski definition) is 4. The number of aromatic nitrogens is 2. The van der Waals surface area contributed by atoms with Gasteiger partial charge in [0.1, 0.15) is 5.69 Å². The molecule has 6 nitrogen and oxygen atoms in total. The van der Waals surface area contributed by atoms with Crippen LogP contribution in [0.5, 0.6) is 11.5 Å². The fourth-order valence-corrected chi connectivity index (χ4v) is 2.89. The van der Waals surface area contributed by atoms with Crippen LogP contribution in [0, 0.1) is 0 Å². The maximum Gasteiger partial charge on any atom is 0.255 e. The quantitative estimate of drug-likeness (QED) is 0.697. The highest BCUT2D eigenvalue weighted by Gasteiger charge is 2.19. The van der Waals surface area contributed by atoms with Crippen molar-refractivity contribution in [1.82, 2.24) is 15.1 Å². The SMILES string of the molecule is CCNC(=O)c1cn(Cc2ccccc2)nc1-c1ccc(OC)c(OC)c1. The minimum absolute atomic E-state index is 0.151. The number of methoxy groups -OCH3 is 2. The maximum atomic E-state index is 12.6. The lowest BCUT2D eigenvalue weighted by atomic mass is 10.1. The number of carbonyl (C=O) groups excluding carboxylic acids is 1. The highest BCUT2D eigenvalue weighted by atomic mass is 16.5. The van der Waals surface area contributed by atoms with Crippen LogP contribution in [-0.2, 0) is 6.54 Å². The third-order valence-electron chi connectivity index (χ3n) is 4.19. The van der Waals surface area contributed by atoms with E-state index in [0.29, 0.717) is 35.8 Å². The van der Waals surface area contributed by atoms with Crippen LogP contribution in [0.25, 0.3) is 11.3 Å². The Hall–Kier alpha value is -3.28. The zero-order chi connectivity index (χ0) is 19.2. The molecule has 3 rings (SSSR count). The van der Waals surface area contributed by atoms with E-state index in [4.69, 9.17) is 9.47 Å². The first-order valence-corrected chi connectivity index (χ1v) is 8.78. The summed E-state index contributed by atoms with van der Waals surface area (Å²) in [5.41, 5.74) is 3.04. The molecule has 0 fully saturated rings. The molecule has 2 aromatic carbocycles. The molecule has 0 saturated heterocycles. The van der Waals surface area contributed by atoms with Gasteiger partial charge < -0.3 is 14.8 Å². The van der Waals surface area contributed by atoms with Gasteiger partial charge in [-0.25, -0.2) is 0 Å². The molecule has 140 valence electrons. The van der Waals surface area contributed by atoms with Crippen LogP contribution in [0.3, 0.4) is 0 Å². The highest BCUT2D eigenvalue weighted by molar-refractivity contribution is 5.99. The number of amides is 1. The minimum Gasteiger partial charge on any atom is -0.493 e. The number of nitrogens with zero attached hydrogens (tertiary/aromatic N) is 2. The van der Waals surface area contributed by atoms with E-state index >= 15 is 0 Å². The zero-order valence-corrected chi connectivity index (χ0v) is 15.7. The lowest BCUT2D eigenvalue weighted by molar-refractivity contribution is 0.0956. The van der Waals surface area contributed by atoms with E-state index in [-0.39, 0.29) is 5.91 Å². The van der Waals surface area contributed by atoms with E-state index in [2.05, 4.69) is 10.4 Å². The zero-order valence-electron chi connectivity index (χ0n) is 15.7. The third kappa shape index (κ3) is 4.11. The van der Waals surface area contributed by atoms with Gasteiger partial charge in [0.05, 0.1) is 26.3 Å². The second-order valence-electron chi connectivity index (χ2n) is 6.00. The van der Waals surface area contributed by atoms with Crippen LogP contribution in [-0.4, -0.2) is 36.5 Å². The number of benzene rings is 2. The average Bonchev–Trinajstić information content (AvgIpc) is 3.12. The number of ether oxygens (including phenoxy) is 2. The van der Waals surface area contributed by atoms with E-state index in [1.807, 2.05) is 55.5 Å². The third-order valence-corrected chi connectivity index (χ3v) is 4.19. The van der Waals surface area contributed by atoms with Gasteiger partial charge in [-0.15, -0.1) is 0 Å². The molecule has 1 amide bonds. The first-order chi connectivity index (χ1) is 13.2. The molecule has 0 aliphatic carbocycles. The largest absolute Gasteiger partial charge is 0.493 e. The normalized spacial score (nSPS) is 10.5.